The van der Waals surface area contributed by atoms with Gasteiger partial charge >= 0.3 is 6.18 Å². The van der Waals surface area contributed by atoms with Gasteiger partial charge < -0.3 is 0 Å². The standard InChI is InChI=1S/C15H11F3N2O/c16-15(17,18)14(19-10-11-4-2-1-3-5-11)20-12-6-8-13(21)9-7-12/h1-9H,10H2. The molecule has 0 unspecified atom stereocenters. The Morgan fingerprint density at radius 3 is 2.19 bits per heavy atom. The molecule has 21 heavy (non-hydrogen) atoms. The number of halogens is 3. The maximum absolute atomic E-state index is 12.9. The fourth-order valence-electron chi connectivity index (χ4n) is 1.58. The summed E-state index contributed by atoms with van der Waals surface area (Å²) in [6.07, 6.45) is 0.122. The zero-order valence-corrected chi connectivity index (χ0v) is 10.8. The molecule has 2 rings (SSSR count). The van der Waals surface area contributed by atoms with Crippen molar-refractivity contribution in [3.63, 3.8) is 0 Å². The van der Waals surface area contributed by atoms with E-state index in [4.69, 9.17) is 0 Å². The highest BCUT2D eigenvalue weighted by Gasteiger charge is 2.36. The van der Waals surface area contributed by atoms with Crippen molar-refractivity contribution in [3.8, 4) is 0 Å². The van der Waals surface area contributed by atoms with Crippen LogP contribution >= 0.6 is 0 Å². The van der Waals surface area contributed by atoms with Gasteiger partial charge in [-0.25, -0.2) is 4.99 Å². The average molecular weight is 292 g/mol. The van der Waals surface area contributed by atoms with Crippen molar-refractivity contribution in [2.24, 2.45) is 9.98 Å². The lowest BCUT2D eigenvalue weighted by atomic mass is 10.1. The monoisotopic (exact) mass is 292 g/mol. The summed E-state index contributed by atoms with van der Waals surface area (Å²) in [4.78, 5) is 17.9. The molecule has 0 aromatic heterocycles. The molecular formula is C15H11F3N2O. The van der Waals surface area contributed by atoms with E-state index in [0.29, 0.717) is 5.56 Å². The largest absolute Gasteiger partial charge is 0.451 e. The minimum atomic E-state index is -4.65. The fourth-order valence-corrected chi connectivity index (χ4v) is 1.58. The summed E-state index contributed by atoms with van der Waals surface area (Å²) in [6, 6.07) is 8.59. The molecule has 0 aliphatic heterocycles. The Balaban J connectivity index is 2.24. The van der Waals surface area contributed by atoms with Gasteiger partial charge in [0.05, 0.1) is 12.3 Å². The SMILES string of the molecule is O=C1C=CC(=NC(=NCc2ccccc2)C(F)(F)F)C=C1. The van der Waals surface area contributed by atoms with Gasteiger partial charge in [0.15, 0.2) is 5.78 Å². The minimum absolute atomic E-state index is 0.0405. The lowest BCUT2D eigenvalue weighted by Gasteiger charge is -2.07. The van der Waals surface area contributed by atoms with E-state index in [1.54, 1.807) is 30.3 Å². The third-order valence-electron chi connectivity index (χ3n) is 2.58. The number of aliphatic imine (C=N–C) groups is 2. The Kier molecular flexibility index (Phi) is 4.47. The summed E-state index contributed by atoms with van der Waals surface area (Å²) < 4.78 is 38.7. The van der Waals surface area contributed by atoms with Gasteiger partial charge in [0.1, 0.15) is 0 Å². The summed E-state index contributed by atoms with van der Waals surface area (Å²) in [5.74, 6) is -1.51. The van der Waals surface area contributed by atoms with Crippen molar-refractivity contribution >= 4 is 17.3 Å². The molecule has 0 saturated carbocycles. The van der Waals surface area contributed by atoms with Gasteiger partial charge in [0.2, 0.25) is 5.84 Å². The molecule has 1 aliphatic rings. The molecule has 0 radical (unpaired) electrons. The number of ketones is 1. The van der Waals surface area contributed by atoms with Crippen molar-refractivity contribution in [1.29, 1.82) is 0 Å². The second-order valence-electron chi connectivity index (χ2n) is 4.23. The molecule has 0 spiro atoms. The first-order chi connectivity index (χ1) is 9.95. The van der Waals surface area contributed by atoms with E-state index in [1.807, 2.05) is 0 Å². The van der Waals surface area contributed by atoms with Crippen LogP contribution in [0, 0.1) is 0 Å². The van der Waals surface area contributed by atoms with Crippen LogP contribution in [0.4, 0.5) is 13.2 Å². The quantitative estimate of drug-likeness (QED) is 0.468. The van der Waals surface area contributed by atoms with Crippen LogP contribution in [0.3, 0.4) is 0 Å². The van der Waals surface area contributed by atoms with Gasteiger partial charge in [-0.1, -0.05) is 30.3 Å². The topological polar surface area (TPSA) is 41.8 Å². The van der Waals surface area contributed by atoms with E-state index in [0.717, 1.165) is 12.2 Å². The Morgan fingerprint density at radius 2 is 1.62 bits per heavy atom. The van der Waals surface area contributed by atoms with Crippen molar-refractivity contribution in [1.82, 2.24) is 0 Å². The van der Waals surface area contributed by atoms with Crippen LogP contribution < -0.4 is 0 Å². The molecule has 0 amide bonds. The molecule has 0 saturated heterocycles. The van der Waals surface area contributed by atoms with E-state index in [9.17, 15) is 18.0 Å². The molecule has 108 valence electrons. The smallest absolute Gasteiger partial charge is 0.290 e. The molecule has 1 aromatic carbocycles. The maximum atomic E-state index is 12.9. The lowest BCUT2D eigenvalue weighted by Crippen LogP contribution is -2.22. The second-order valence-corrected chi connectivity index (χ2v) is 4.23. The van der Waals surface area contributed by atoms with E-state index < -0.39 is 12.0 Å². The third-order valence-corrected chi connectivity index (χ3v) is 2.58. The molecule has 0 atom stereocenters. The Morgan fingerprint density at radius 1 is 1.00 bits per heavy atom. The predicted molar refractivity (Wildman–Crippen MR) is 74.4 cm³/mol. The Bertz CT molecular complexity index is 623. The van der Waals surface area contributed by atoms with Gasteiger partial charge in [-0.15, -0.1) is 0 Å². The molecule has 0 bridgehead atoms. The number of hydrogen-bond donors (Lipinski definition) is 0. The highest BCUT2D eigenvalue weighted by molar-refractivity contribution is 6.19. The van der Waals surface area contributed by atoms with Crippen molar-refractivity contribution < 1.29 is 18.0 Å². The number of carbonyl (C=O) groups is 1. The van der Waals surface area contributed by atoms with Crippen LogP contribution in [-0.4, -0.2) is 23.5 Å². The molecule has 6 heteroatoms. The number of allylic oxidation sites excluding steroid dienone is 4. The van der Waals surface area contributed by atoms with E-state index >= 15 is 0 Å². The summed E-state index contributed by atoms with van der Waals surface area (Å²) in [7, 11) is 0. The van der Waals surface area contributed by atoms with E-state index in [1.165, 1.54) is 12.2 Å². The van der Waals surface area contributed by atoms with E-state index in [-0.39, 0.29) is 18.0 Å². The summed E-state index contributed by atoms with van der Waals surface area (Å²) in [6.45, 7) is -0.112. The molecule has 0 heterocycles. The first-order valence-corrected chi connectivity index (χ1v) is 6.09. The van der Waals surface area contributed by atoms with Crippen LogP contribution in [-0.2, 0) is 11.3 Å². The van der Waals surface area contributed by atoms with Crippen molar-refractivity contribution in [3.05, 3.63) is 60.2 Å². The first kappa shape index (κ1) is 14.9. The molecule has 3 nitrogen and oxygen atoms in total. The van der Waals surface area contributed by atoms with Gasteiger partial charge in [-0.3, -0.25) is 9.79 Å². The Labute approximate surface area is 119 Å². The molecular weight excluding hydrogens is 281 g/mol. The molecule has 0 N–H and O–H groups in total. The van der Waals surface area contributed by atoms with Crippen LogP contribution in [0.1, 0.15) is 5.56 Å². The fraction of sp³-hybridized carbons (Fsp3) is 0.133. The van der Waals surface area contributed by atoms with Crippen LogP contribution in [0.5, 0.6) is 0 Å². The van der Waals surface area contributed by atoms with Crippen LogP contribution in [0.2, 0.25) is 0 Å². The lowest BCUT2D eigenvalue weighted by molar-refractivity contribution is -0.110. The first-order valence-electron chi connectivity index (χ1n) is 6.09. The number of rotatable bonds is 2. The van der Waals surface area contributed by atoms with E-state index in [2.05, 4.69) is 9.98 Å². The third kappa shape index (κ3) is 4.52. The van der Waals surface area contributed by atoms with Crippen LogP contribution in [0.15, 0.2) is 64.6 Å². The normalized spacial score (nSPS) is 15.5. The zero-order chi connectivity index (χ0) is 15.3. The molecule has 0 fully saturated rings. The van der Waals surface area contributed by atoms with Gasteiger partial charge in [0, 0.05) is 0 Å². The average Bonchev–Trinajstić information content (AvgIpc) is 2.45. The number of amidine groups is 1. The van der Waals surface area contributed by atoms with Gasteiger partial charge in [-0.05, 0) is 29.9 Å². The maximum Gasteiger partial charge on any atom is 0.451 e. The van der Waals surface area contributed by atoms with Crippen molar-refractivity contribution in [2.75, 3.05) is 0 Å². The summed E-state index contributed by atoms with van der Waals surface area (Å²) >= 11 is 0. The number of benzene rings is 1. The van der Waals surface area contributed by atoms with Gasteiger partial charge in [-0.2, -0.15) is 13.2 Å². The predicted octanol–water partition coefficient (Wildman–Crippen LogP) is 3.28. The number of alkyl halides is 3. The number of nitrogens with zero attached hydrogens (tertiary/aromatic N) is 2. The highest BCUT2D eigenvalue weighted by Crippen LogP contribution is 2.19. The summed E-state index contributed by atoms with van der Waals surface area (Å²) in [5.41, 5.74) is 0.697. The second kappa shape index (κ2) is 6.30. The van der Waals surface area contributed by atoms with Crippen molar-refractivity contribution in [2.45, 2.75) is 12.7 Å². The van der Waals surface area contributed by atoms with Gasteiger partial charge in [0.25, 0.3) is 0 Å². The summed E-state index contributed by atoms with van der Waals surface area (Å²) in [5, 5.41) is 0. The minimum Gasteiger partial charge on any atom is -0.290 e. The molecule has 1 aliphatic carbocycles. The Hall–Kier alpha value is -2.50. The molecule has 1 aromatic rings. The zero-order valence-electron chi connectivity index (χ0n) is 10.8. The van der Waals surface area contributed by atoms with Crippen LogP contribution in [0.25, 0.3) is 0 Å². The highest BCUT2D eigenvalue weighted by atomic mass is 19.4. The number of hydrogen-bond acceptors (Lipinski definition) is 2. The number of carbonyl (C=O) groups excluding carboxylic acids is 1.